The topological polar surface area (TPSA) is 77.8 Å². The van der Waals surface area contributed by atoms with Crippen molar-refractivity contribution in [3.8, 4) is 29.1 Å². The molecule has 0 aromatic heterocycles. The molecule has 6 nitrogen and oxygen atoms in total. The molecule has 1 atom stereocenters. The van der Waals surface area contributed by atoms with Crippen molar-refractivity contribution in [1.29, 1.82) is 5.26 Å². The van der Waals surface area contributed by atoms with Gasteiger partial charge in [-0.25, -0.2) is 4.79 Å². The van der Waals surface area contributed by atoms with E-state index in [4.69, 9.17) is 24.2 Å². The van der Waals surface area contributed by atoms with Crippen LogP contribution in [0.2, 0.25) is 0 Å². The van der Waals surface area contributed by atoms with Gasteiger partial charge in [0, 0.05) is 6.07 Å². The summed E-state index contributed by atoms with van der Waals surface area (Å²) in [5, 5.41) is 8.95. The average Bonchev–Trinajstić information content (AvgIpc) is 2.62. The van der Waals surface area contributed by atoms with Gasteiger partial charge in [-0.2, -0.15) is 5.26 Å². The Balaban J connectivity index is 1.75. The number of carbonyl (C=O) groups excluding carboxylic acids is 1. The van der Waals surface area contributed by atoms with Crippen LogP contribution in [0.5, 0.6) is 23.0 Å². The maximum Gasteiger partial charge on any atom is 0.356 e. The molecule has 0 unspecified atom stereocenters. The van der Waals surface area contributed by atoms with Gasteiger partial charge in [-0.15, -0.1) is 0 Å². The number of nitriles is 1. The van der Waals surface area contributed by atoms with E-state index in [-0.39, 0.29) is 12.4 Å². The third-order valence-corrected chi connectivity index (χ3v) is 3.35. The van der Waals surface area contributed by atoms with Crippen LogP contribution in [0, 0.1) is 11.3 Å². The molecule has 0 bridgehead atoms. The zero-order valence-corrected chi connectivity index (χ0v) is 13.0. The first-order valence-electron chi connectivity index (χ1n) is 7.48. The van der Waals surface area contributed by atoms with Crippen molar-refractivity contribution in [2.24, 2.45) is 0 Å². The van der Waals surface area contributed by atoms with Gasteiger partial charge in [0.15, 0.2) is 23.0 Å². The van der Waals surface area contributed by atoms with Crippen molar-refractivity contribution in [2.45, 2.75) is 13.0 Å². The summed E-state index contributed by atoms with van der Waals surface area (Å²) in [7, 11) is 0. The fourth-order valence-corrected chi connectivity index (χ4v) is 2.24. The van der Waals surface area contributed by atoms with E-state index in [9.17, 15) is 4.79 Å². The lowest BCUT2D eigenvalue weighted by atomic mass is 10.2. The second-order valence-corrected chi connectivity index (χ2v) is 4.99. The lowest BCUT2D eigenvalue weighted by molar-refractivity contribution is -0.144. The van der Waals surface area contributed by atoms with Crippen LogP contribution < -0.4 is 18.9 Å². The lowest BCUT2D eigenvalue weighted by Gasteiger charge is -2.25. The minimum Gasteiger partial charge on any atom is -0.490 e. The van der Waals surface area contributed by atoms with Crippen LogP contribution in [-0.2, 0) is 4.79 Å². The van der Waals surface area contributed by atoms with Crippen LogP contribution >= 0.6 is 0 Å². The fraction of sp³-hybridized carbons (Fsp3) is 0.222. The van der Waals surface area contributed by atoms with Gasteiger partial charge in [0.1, 0.15) is 6.61 Å². The Bertz CT molecular complexity index is 796. The van der Waals surface area contributed by atoms with E-state index in [0.29, 0.717) is 29.4 Å². The highest BCUT2D eigenvalue weighted by atomic mass is 16.6. The molecule has 0 amide bonds. The first-order chi connectivity index (χ1) is 11.7. The van der Waals surface area contributed by atoms with E-state index in [2.05, 4.69) is 0 Å². The Labute approximate surface area is 139 Å². The zero-order chi connectivity index (χ0) is 16.9. The molecular formula is C18H15NO5. The maximum atomic E-state index is 12.3. The summed E-state index contributed by atoms with van der Waals surface area (Å²) < 4.78 is 21.9. The minimum absolute atomic E-state index is 0.0656. The molecule has 1 aliphatic heterocycles. The van der Waals surface area contributed by atoms with Crippen LogP contribution in [0.25, 0.3) is 0 Å². The summed E-state index contributed by atoms with van der Waals surface area (Å²) in [6, 6.07) is 13.7. The number of hydrogen-bond acceptors (Lipinski definition) is 6. The van der Waals surface area contributed by atoms with Gasteiger partial charge >= 0.3 is 5.97 Å². The van der Waals surface area contributed by atoms with E-state index in [1.54, 1.807) is 31.2 Å². The van der Waals surface area contributed by atoms with Crippen LogP contribution in [0.4, 0.5) is 0 Å². The summed E-state index contributed by atoms with van der Waals surface area (Å²) >= 11 is 0. The highest BCUT2D eigenvalue weighted by molar-refractivity contribution is 5.79. The molecule has 0 N–H and O–H groups in total. The molecule has 3 rings (SSSR count). The number of rotatable bonds is 4. The van der Waals surface area contributed by atoms with Crippen molar-refractivity contribution in [3.63, 3.8) is 0 Å². The largest absolute Gasteiger partial charge is 0.490 e. The van der Waals surface area contributed by atoms with Gasteiger partial charge in [0.2, 0.25) is 6.10 Å². The molecule has 0 saturated heterocycles. The van der Waals surface area contributed by atoms with Crippen molar-refractivity contribution < 1.29 is 23.7 Å². The van der Waals surface area contributed by atoms with Crippen LogP contribution in [0.1, 0.15) is 12.5 Å². The predicted molar refractivity (Wildman–Crippen MR) is 84.3 cm³/mol. The van der Waals surface area contributed by atoms with Crippen molar-refractivity contribution >= 4 is 5.97 Å². The predicted octanol–water partition coefficient (Wildman–Crippen LogP) is 2.70. The summed E-state index contributed by atoms with van der Waals surface area (Å²) in [5.74, 6) is 1.07. The number of carbonyl (C=O) groups is 1. The monoisotopic (exact) mass is 325 g/mol. The Kier molecular flexibility index (Phi) is 4.52. The zero-order valence-electron chi connectivity index (χ0n) is 13.0. The molecule has 0 fully saturated rings. The van der Waals surface area contributed by atoms with Gasteiger partial charge in [0.25, 0.3) is 0 Å². The van der Waals surface area contributed by atoms with E-state index in [0.717, 1.165) is 0 Å². The third kappa shape index (κ3) is 3.25. The molecule has 122 valence electrons. The quantitative estimate of drug-likeness (QED) is 0.635. The second kappa shape index (κ2) is 6.92. The van der Waals surface area contributed by atoms with E-state index in [1.165, 1.54) is 12.1 Å². The molecule has 2 aromatic rings. The molecule has 0 spiro atoms. The molecule has 0 radical (unpaired) electrons. The Morgan fingerprint density at radius 1 is 1.25 bits per heavy atom. The standard InChI is InChI=1S/C18H15NO5/c1-2-21-16-9-12(10-19)7-8-15(16)24-18(20)17-11-22-13-5-3-4-6-14(13)23-17/h3-9,17H,2,11H2,1H3/t17-/m0/s1. The van der Waals surface area contributed by atoms with Crippen molar-refractivity contribution in [3.05, 3.63) is 48.0 Å². The van der Waals surface area contributed by atoms with Gasteiger partial charge in [-0.1, -0.05) is 12.1 Å². The lowest BCUT2D eigenvalue weighted by Crippen LogP contribution is -2.39. The van der Waals surface area contributed by atoms with Gasteiger partial charge in [0.05, 0.1) is 18.2 Å². The van der Waals surface area contributed by atoms with E-state index < -0.39 is 12.1 Å². The van der Waals surface area contributed by atoms with Crippen molar-refractivity contribution in [1.82, 2.24) is 0 Å². The van der Waals surface area contributed by atoms with Gasteiger partial charge in [-0.05, 0) is 31.2 Å². The molecule has 24 heavy (non-hydrogen) atoms. The summed E-state index contributed by atoms with van der Waals surface area (Å²) in [6.07, 6.45) is -0.870. The number of esters is 1. The Morgan fingerprint density at radius 2 is 2.04 bits per heavy atom. The SMILES string of the molecule is CCOc1cc(C#N)ccc1OC(=O)[C@@H]1COc2ccccc2O1. The molecule has 2 aromatic carbocycles. The summed E-state index contributed by atoms with van der Waals surface area (Å²) in [5.41, 5.74) is 0.421. The highest BCUT2D eigenvalue weighted by Crippen LogP contribution is 2.32. The highest BCUT2D eigenvalue weighted by Gasteiger charge is 2.29. The van der Waals surface area contributed by atoms with Crippen LogP contribution in [0.15, 0.2) is 42.5 Å². The fourth-order valence-electron chi connectivity index (χ4n) is 2.24. The third-order valence-electron chi connectivity index (χ3n) is 3.35. The first-order valence-corrected chi connectivity index (χ1v) is 7.48. The smallest absolute Gasteiger partial charge is 0.356 e. The Morgan fingerprint density at radius 3 is 2.79 bits per heavy atom. The minimum atomic E-state index is -0.870. The van der Waals surface area contributed by atoms with Gasteiger partial charge < -0.3 is 18.9 Å². The maximum absolute atomic E-state index is 12.3. The molecule has 0 aliphatic carbocycles. The number of fused-ring (bicyclic) bond motifs is 1. The molecule has 0 saturated carbocycles. The number of benzene rings is 2. The van der Waals surface area contributed by atoms with E-state index in [1.807, 2.05) is 12.1 Å². The average molecular weight is 325 g/mol. The molecule has 1 aliphatic rings. The summed E-state index contributed by atoms with van der Waals surface area (Å²) in [4.78, 5) is 12.3. The Hall–Kier alpha value is -3.20. The molecular weight excluding hydrogens is 310 g/mol. The second-order valence-electron chi connectivity index (χ2n) is 4.99. The number of nitrogens with zero attached hydrogens (tertiary/aromatic N) is 1. The van der Waals surface area contributed by atoms with E-state index >= 15 is 0 Å². The number of para-hydroxylation sites is 2. The molecule has 1 heterocycles. The van der Waals surface area contributed by atoms with Gasteiger partial charge in [-0.3, -0.25) is 0 Å². The normalized spacial score (nSPS) is 15.2. The van der Waals surface area contributed by atoms with Crippen LogP contribution in [-0.4, -0.2) is 25.3 Å². The first kappa shape index (κ1) is 15.7. The number of hydrogen-bond donors (Lipinski definition) is 0. The van der Waals surface area contributed by atoms with Crippen molar-refractivity contribution in [2.75, 3.05) is 13.2 Å². The van der Waals surface area contributed by atoms with Crippen LogP contribution in [0.3, 0.4) is 0 Å². The summed E-state index contributed by atoms with van der Waals surface area (Å²) in [6.45, 7) is 2.26. The number of ether oxygens (including phenoxy) is 4. The molecule has 6 heteroatoms.